The molecular weight excluding hydrogens is 258 g/mol. The first-order valence-electron chi connectivity index (χ1n) is 6.62. The summed E-state index contributed by atoms with van der Waals surface area (Å²) >= 11 is 0. The first-order valence-corrected chi connectivity index (χ1v) is 6.62. The molecule has 0 unspecified atom stereocenters. The van der Waals surface area contributed by atoms with E-state index < -0.39 is 0 Å². The van der Waals surface area contributed by atoms with E-state index in [1.54, 1.807) is 36.5 Å². The average Bonchev–Trinajstić information content (AvgIpc) is 2.88. The predicted molar refractivity (Wildman–Crippen MR) is 73.2 cm³/mol. The number of hydrogen-bond donors (Lipinski definition) is 0. The highest BCUT2D eigenvalue weighted by atomic mass is 16.5. The predicted octanol–water partition coefficient (Wildman–Crippen LogP) is 0.540. The summed E-state index contributed by atoms with van der Waals surface area (Å²) in [6, 6.07) is 3.60. The second kappa shape index (κ2) is 6.36. The summed E-state index contributed by atoms with van der Waals surface area (Å²) in [5.74, 6) is 0.616. The second-order valence-electron chi connectivity index (χ2n) is 4.93. The Balaban J connectivity index is 1.83. The van der Waals surface area contributed by atoms with E-state index in [2.05, 4.69) is 4.98 Å². The third-order valence-electron chi connectivity index (χ3n) is 3.36. The summed E-state index contributed by atoms with van der Waals surface area (Å²) < 4.78 is 5.79. The van der Waals surface area contributed by atoms with E-state index in [1.807, 2.05) is 0 Å². The van der Waals surface area contributed by atoms with Crippen molar-refractivity contribution in [2.24, 2.45) is 0 Å². The van der Waals surface area contributed by atoms with Gasteiger partial charge >= 0.3 is 0 Å². The fourth-order valence-corrected chi connectivity index (χ4v) is 2.07. The molecule has 2 rings (SSSR count). The Kier molecular flexibility index (Phi) is 4.55. The van der Waals surface area contributed by atoms with Crippen molar-refractivity contribution in [2.45, 2.75) is 19.4 Å². The van der Waals surface area contributed by atoms with Gasteiger partial charge < -0.3 is 14.5 Å². The molecule has 1 saturated heterocycles. The lowest BCUT2D eigenvalue weighted by Crippen LogP contribution is -2.40. The van der Waals surface area contributed by atoms with E-state index in [9.17, 15) is 9.59 Å². The summed E-state index contributed by atoms with van der Waals surface area (Å²) in [6.45, 7) is 2.80. The zero-order valence-electron chi connectivity index (χ0n) is 11.8. The molecule has 1 fully saturated rings. The maximum absolute atomic E-state index is 12.0. The Morgan fingerprint density at radius 1 is 1.45 bits per heavy atom. The highest BCUT2D eigenvalue weighted by Crippen LogP contribution is 2.17. The Labute approximate surface area is 118 Å². The van der Waals surface area contributed by atoms with Crippen molar-refractivity contribution in [3.05, 3.63) is 24.5 Å². The third-order valence-corrected chi connectivity index (χ3v) is 3.36. The molecule has 1 aliphatic heterocycles. The van der Waals surface area contributed by atoms with Gasteiger partial charge in [-0.2, -0.15) is 0 Å². The molecule has 108 valence electrons. The molecule has 20 heavy (non-hydrogen) atoms. The van der Waals surface area contributed by atoms with Crippen LogP contribution in [0.1, 0.15) is 13.3 Å². The van der Waals surface area contributed by atoms with Crippen LogP contribution in [0, 0.1) is 0 Å². The molecule has 2 amide bonds. The van der Waals surface area contributed by atoms with Gasteiger partial charge in [0.2, 0.25) is 11.8 Å². The van der Waals surface area contributed by atoms with Gasteiger partial charge in [0.15, 0.2) is 0 Å². The number of carbonyl (C=O) groups is 2. The number of ether oxygens (including phenoxy) is 1. The van der Waals surface area contributed by atoms with Crippen LogP contribution in [0.15, 0.2) is 24.5 Å². The van der Waals surface area contributed by atoms with Gasteiger partial charge in [0, 0.05) is 39.3 Å². The Morgan fingerprint density at radius 3 is 2.80 bits per heavy atom. The number of amides is 2. The lowest BCUT2D eigenvalue weighted by Gasteiger charge is -2.21. The monoisotopic (exact) mass is 277 g/mol. The van der Waals surface area contributed by atoms with Gasteiger partial charge in [0.25, 0.3) is 0 Å². The molecular formula is C14H19N3O3. The van der Waals surface area contributed by atoms with Crippen LogP contribution in [0.25, 0.3) is 0 Å². The molecule has 0 aromatic carbocycles. The first-order chi connectivity index (χ1) is 9.56. The topological polar surface area (TPSA) is 62.7 Å². The van der Waals surface area contributed by atoms with Crippen molar-refractivity contribution >= 4 is 11.8 Å². The summed E-state index contributed by atoms with van der Waals surface area (Å²) in [6.07, 6.45) is 4.16. The number of nitrogens with zero attached hydrogens (tertiary/aromatic N) is 3. The fraction of sp³-hybridized carbons (Fsp3) is 0.500. The van der Waals surface area contributed by atoms with E-state index in [1.165, 1.54) is 11.8 Å². The molecule has 0 aliphatic carbocycles. The lowest BCUT2D eigenvalue weighted by atomic mass is 10.3. The van der Waals surface area contributed by atoms with Crippen LogP contribution in [0.5, 0.6) is 5.75 Å². The van der Waals surface area contributed by atoms with E-state index in [0.717, 1.165) is 12.2 Å². The lowest BCUT2D eigenvalue weighted by molar-refractivity contribution is -0.137. The van der Waals surface area contributed by atoms with E-state index in [4.69, 9.17) is 4.74 Å². The minimum Gasteiger partial charge on any atom is -0.488 e. The van der Waals surface area contributed by atoms with Crippen LogP contribution in [0.2, 0.25) is 0 Å². The van der Waals surface area contributed by atoms with Crippen LogP contribution < -0.4 is 4.74 Å². The largest absolute Gasteiger partial charge is 0.488 e. The molecule has 1 aromatic rings. The summed E-state index contributed by atoms with van der Waals surface area (Å²) in [7, 11) is 1.63. The van der Waals surface area contributed by atoms with E-state index in [-0.39, 0.29) is 24.5 Å². The molecule has 0 radical (unpaired) electrons. The van der Waals surface area contributed by atoms with E-state index >= 15 is 0 Å². The molecule has 2 heterocycles. The number of aromatic nitrogens is 1. The minimum atomic E-state index is -0.109. The first kappa shape index (κ1) is 14.3. The molecule has 1 atom stereocenters. The minimum absolute atomic E-state index is 0.00369. The Morgan fingerprint density at radius 2 is 2.15 bits per heavy atom. The van der Waals surface area contributed by atoms with Crippen molar-refractivity contribution in [2.75, 3.05) is 26.7 Å². The van der Waals surface area contributed by atoms with Gasteiger partial charge in [-0.15, -0.1) is 0 Å². The molecule has 0 N–H and O–H groups in total. The zero-order valence-corrected chi connectivity index (χ0v) is 11.8. The van der Waals surface area contributed by atoms with Crippen LogP contribution in [-0.4, -0.2) is 59.4 Å². The van der Waals surface area contributed by atoms with E-state index in [0.29, 0.717) is 13.1 Å². The maximum atomic E-state index is 12.0. The number of pyridine rings is 1. The molecule has 6 nitrogen and oxygen atoms in total. The normalized spacial score (nSPS) is 17.9. The van der Waals surface area contributed by atoms with Gasteiger partial charge in [-0.25, -0.2) is 0 Å². The van der Waals surface area contributed by atoms with Crippen molar-refractivity contribution in [1.82, 2.24) is 14.8 Å². The van der Waals surface area contributed by atoms with Gasteiger partial charge in [-0.3, -0.25) is 14.6 Å². The average molecular weight is 277 g/mol. The third kappa shape index (κ3) is 3.69. The van der Waals surface area contributed by atoms with Gasteiger partial charge in [-0.05, 0) is 12.1 Å². The zero-order chi connectivity index (χ0) is 14.5. The van der Waals surface area contributed by atoms with Gasteiger partial charge in [-0.1, -0.05) is 0 Å². The van der Waals surface area contributed by atoms with Gasteiger partial charge in [0.05, 0.1) is 13.1 Å². The number of carbonyl (C=O) groups excluding carboxylic acids is 2. The molecule has 0 saturated carbocycles. The molecule has 6 heteroatoms. The standard InChI is InChI=1S/C14H19N3O3/c1-11(18)16(2)10-14(19)17-8-5-13(9-17)20-12-3-6-15-7-4-12/h3-4,6-7,13H,5,8-10H2,1-2H3/t13-/m1/s1. The number of hydrogen-bond acceptors (Lipinski definition) is 4. The summed E-state index contributed by atoms with van der Waals surface area (Å²) in [4.78, 5) is 30.2. The molecule has 1 aromatic heterocycles. The Hall–Kier alpha value is -2.11. The van der Waals surface area contributed by atoms with Crippen molar-refractivity contribution in [1.29, 1.82) is 0 Å². The molecule has 1 aliphatic rings. The van der Waals surface area contributed by atoms with Crippen molar-refractivity contribution in [3.8, 4) is 5.75 Å². The smallest absolute Gasteiger partial charge is 0.242 e. The van der Waals surface area contributed by atoms with Crippen LogP contribution >= 0.6 is 0 Å². The second-order valence-corrected chi connectivity index (χ2v) is 4.93. The van der Waals surface area contributed by atoms with Crippen LogP contribution in [0.4, 0.5) is 0 Å². The highest BCUT2D eigenvalue weighted by Gasteiger charge is 2.28. The van der Waals surface area contributed by atoms with Gasteiger partial charge in [0.1, 0.15) is 11.9 Å². The number of likely N-dealkylation sites (tertiary alicyclic amines) is 1. The van der Waals surface area contributed by atoms with Crippen LogP contribution in [-0.2, 0) is 9.59 Å². The van der Waals surface area contributed by atoms with Crippen molar-refractivity contribution < 1.29 is 14.3 Å². The van der Waals surface area contributed by atoms with Crippen molar-refractivity contribution in [3.63, 3.8) is 0 Å². The quantitative estimate of drug-likeness (QED) is 0.806. The number of likely N-dealkylation sites (N-methyl/N-ethyl adjacent to an activating group) is 1. The molecule has 0 bridgehead atoms. The summed E-state index contributed by atoms with van der Waals surface area (Å²) in [5.41, 5.74) is 0. The number of rotatable bonds is 4. The summed E-state index contributed by atoms with van der Waals surface area (Å²) in [5, 5.41) is 0. The SMILES string of the molecule is CC(=O)N(C)CC(=O)N1CC[C@@H](Oc2ccncc2)C1. The fourth-order valence-electron chi connectivity index (χ4n) is 2.07. The maximum Gasteiger partial charge on any atom is 0.242 e. The Bertz CT molecular complexity index is 478. The van der Waals surface area contributed by atoms with Crippen LogP contribution in [0.3, 0.4) is 0 Å². The highest BCUT2D eigenvalue weighted by molar-refractivity contribution is 5.83. The molecule has 0 spiro atoms.